The molecular weight excluding hydrogens is 492 g/mol. The zero-order valence-electron chi connectivity index (χ0n) is 20.5. The number of aromatic amines is 1. The third-order valence-electron chi connectivity index (χ3n) is 6.10. The highest BCUT2D eigenvalue weighted by Crippen LogP contribution is 2.24. The fourth-order valence-corrected chi connectivity index (χ4v) is 4.35. The number of H-pyrrole nitrogens is 1. The Morgan fingerprint density at radius 3 is 2.49 bits per heavy atom. The maximum absolute atomic E-state index is 13.1. The number of nitrogen functional groups attached to an aromatic ring is 1. The van der Waals surface area contributed by atoms with Crippen LogP contribution in [0.1, 0.15) is 35.8 Å². The van der Waals surface area contributed by atoms with Gasteiger partial charge in [0.05, 0.1) is 17.1 Å². The molecule has 0 aliphatic carbocycles. The number of halogens is 1. The van der Waals surface area contributed by atoms with Gasteiger partial charge in [0.15, 0.2) is 12.1 Å². The Labute approximate surface area is 219 Å². The summed E-state index contributed by atoms with van der Waals surface area (Å²) in [6.07, 6.45) is -1.61. The molecule has 3 aromatic carbocycles. The number of rotatable bonds is 9. The van der Waals surface area contributed by atoms with Crippen molar-refractivity contribution in [2.75, 3.05) is 29.0 Å². The van der Waals surface area contributed by atoms with E-state index in [2.05, 4.69) is 39.3 Å². The van der Waals surface area contributed by atoms with E-state index in [9.17, 15) is 14.7 Å². The Balaban J connectivity index is 1.55. The zero-order chi connectivity index (χ0) is 26.5. The number of nitrogens with one attached hydrogen (secondary N) is 3. The number of nitrogens with two attached hydrogens (primary N) is 1. The van der Waals surface area contributed by atoms with Crippen molar-refractivity contribution in [2.24, 2.45) is 0 Å². The van der Waals surface area contributed by atoms with Crippen molar-refractivity contribution in [1.82, 2.24) is 15.3 Å². The van der Waals surface area contributed by atoms with Crippen LogP contribution in [0.25, 0.3) is 11.0 Å². The molecule has 0 aliphatic rings. The van der Waals surface area contributed by atoms with Crippen molar-refractivity contribution in [3.8, 4) is 0 Å². The van der Waals surface area contributed by atoms with Gasteiger partial charge in [-0.2, -0.15) is 0 Å². The standard InChI is InChI=1S/C27H29ClN6O3/c1-3-34(4-2)20-11-8-16(9-12-20)25(36)33-23(17-6-5-7-18(28)14-17)24(35)26(37)30-19-10-13-21-22(15-19)32-27(29)31-21/h5-15,23-24,35H,3-4H2,1-2H3,(H,30,37)(H,33,36)(H3,29,31,32). The van der Waals surface area contributed by atoms with Gasteiger partial charge in [-0.3, -0.25) is 9.59 Å². The van der Waals surface area contributed by atoms with Gasteiger partial charge in [-0.05, 0) is 74.0 Å². The summed E-state index contributed by atoms with van der Waals surface area (Å²) in [6.45, 7) is 5.82. The minimum absolute atomic E-state index is 0.257. The molecule has 10 heteroatoms. The third kappa shape index (κ3) is 6.02. The number of carbonyl (C=O) groups excluding carboxylic acids is 2. The highest BCUT2D eigenvalue weighted by atomic mass is 35.5. The number of hydrogen-bond donors (Lipinski definition) is 5. The van der Waals surface area contributed by atoms with Gasteiger partial charge in [0.1, 0.15) is 0 Å². The number of aliphatic hydroxyl groups is 1. The summed E-state index contributed by atoms with van der Waals surface area (Å²) in [5.41, 5.74) is 9.30. The summed E-state index contributed by atoms with van der Waals surface area (Å²) in [7, 11) is 0. The molecule has 0 saturated carbocycles. The molecule has 0 radical (unpaired) electrons. The van der Waals surface area contributed by atoms with Crippen molar-refractivity contribution >= 4 is 51.8 Å². The van der Waals surface area contributed by atoms with Crippen LogP contribution < -0.4 is 21.3 Å². The lowest BCUT2D eigenvalue weighted by atomic mass is 9.99. The molecule has 4 rings (SSSR count). The van der Waals surface area contributed by atoms with Crippen LogP contribution in [0.5, 0.6) is 0 Å². The van der Waals surface area contributed by atoms with Crippen LogP contribution in [0.15, 0.2) is 66.7 Å². The number of hydrogen-bond acceptors (Lipinski definition) is 6. The molecule has 192 valence electrons. The summed E-state index contributed by atoms with van der Waals surface area (Å²) in [5.74, 6) is -0.876. The average molecular weight is 521 g/mol. The van der Waals surface area contributed by atoms with E-state index in [-0.39, 0.29) is 5.95 Å². The Hall–Kier alpha value is -4.08. The number of anilines is 3. The van der Waals surface area contributed by atoms with Crippen LogP contribution in [0, 0.1) is 0 Å². The van der Waals surface area contributed by atoms with Gasteiger partial charge in [0.2, 0.25) is 0 Å². The van der Waals surface area contributed by atoms with E-state index in [1.807, 2.05) is 12.1 Å². The minimum atomic E-state index is -1.61. The third-order valence-corrected chi connectivity index (χ3v) is 6.34. The van der Waals surface area contributed by atoms with E-state index in [1.165, 1.54) is 0 Å². The Morgan fingerprint density at radius 1 is 1.08 bits per heavy atom. The number of amides is 2. The van der Waals surface area contributed by atoms with Crippen LogP contribution in [-0.2, 0) is 4.79 Å². The molecule has 4 aromatic rings. The Morgan fingerprint density at radius 2 is 1.81 bits per heavy atom. The first-order valence-corrected chi connectivity index (χ1v) is 12.3. The largest absolute Gasteiger partial charge is 0.381 e. The molecule has 1 heterocycles. The monoisotopic (exact) mass is 520 g/mol. The molecule has 9 nitrogen and oxygen atoms in total. The predicted molar refractivity (Wildman–Crippen MR) is 147 cm³/mol. The van der Waals surface area contributed by atoms with E-state index in [4.69, 9.17) is 17.3 Å². The maximum atomic E-state index is 13.1. The predicted octanol–water partition coefficient (Wildman–Crippen LogP) is 4.12. The number of fused-ring (bicyclic) bond motifs is 1. The second kappa shape index (κ2) is 11.3. The highest BCUT2D eigenvalue weighted by molar-refractivity contribution is 6.30. The van der Waals surface area contributed by atoms with Gasteiger partial charge in [0.25, 0.3) is 11.8 Å². The number of imidazole rings is 1. The topological polar surface area (TPSA) is 136 Å². The lowest BCUT2D eigenvalue weighted by molar-refractivity contribution is -0.125. The molecule has 0 bridgehead atoms. The second-order valence-corrected chi connectivity index (χ2v) is 8.95. The van der Waals surface area contributed by atoms with Gasteiger partial charge in [-0.1, -0.05) is 23.7 Å². The SMILES string of the molecule is CCN(CC)c1ccc(C(=O)NC(c2cccc(Cl)c2)C(O)C(=O)Nc2ccc3nc(N)[nH]c3c2)cc1. The molecule has 6 N–H and O–H groups in total. The zero-order valence-corrected chi connectivity index (χ0v) is 21.3. The van der Waals surface area contributed by atoms with E-state index < -0.39 is 24.0 Å². The first-order valence-electron chi connectivity index (χ1n) is 11.9. The average Bonchev–Trinajstić information content (AvgIpc) is 3.27. The number of nitrogens with zero attached hydrogens (tertiary/aromatic N) is 2. The van der Waals surface area contributed by atoms with Crippen LogP contribution in [0.3, 0.4) is 0 Å². The summed E-state index contributed by atoms with van der Waals surface area (Å²) < 4.78 is 0. The van der Waals surface area contributed by atoms with E-state index >= 15 is 0 Å². The second-order valence-electron chi connectivity index (χ2n) is 8.51. The molecule has 0 fully saturated rings. The molecule has 2 atom stereocenters. The van der Waals surface area contributed by atoms with Crippen molar-refractivity contribution < 1.29 is 14.7 Å². The van der Waals surface area contributed by atoms with Crippen LogP contribution in [-0.4, -0.2) is 46.1 Å². The smallest absolute Gasteiger partial charge is 0.255 e. The summed E-state index contributed by atoms with van der Waals surface area (Å²) >= 11 is 6.17. The molecule has 2 amide bonds. The number of aliphatic hydroxyl groups excluding tert-OH is 1. The molecule has 0 saturated heterocycles. The van der Waals surface area contributed by atoms with Crippen molar-refractivity contribution in [3.05, 3.63) is 82.9 Å². The lowest BCUT2D eigenvalue weighted by Crippen LogP contribution is -2.42. The quantitative estimate of drug-likeness (QED) is 0.225. The van der Waals surface area contributed by atoms with Crippen molar-refractivity contribution in [3.63, 3.8) is 0 Å². The first-order chi connectivity index (χ1) is 17.8. The van der Waals surface area contributed by atoms with Crippen molar-refractivity contribution in [2.45, 2.75) is 26.0 Å². The molecule has 2 unspecified atom stereocenters. The van der Waals surface area contributed by atoms with Gasteiger partial charge >= 0.3 is 0 Å². The maximum Gasteiger partial charge on any atom is 0.255 e. The fourth-order valence-electron chi connectivity index (χ4n) is 4.16. The number of carbonyl (C=O) groups is 2. The first kappa shape index (κ1) is 26.0. The molecule has 37 heavy (non-hydrogen) atoms. The fraction of sp³-hybridized carbons (Fsp3) is 0.222. The molecule has 1 aromatic heterocycles. The van der Waals surface area contributed by atoms with E-state index in [1.54, 1.807) is 54.6 Å². The number of benzene rings is 3. The Kier molecular flexibility index (Phi) is 7.95. The van der Waals surface area contributed by atoms with E-state index in [0.717, 1.165) is 18.8 Å². The van der Waals surface area contributed by atoms with Crippen LogP contribution >= 0.6 is 11.6 Å². The normalized spacial score (nSPS) is 12.6. The summed E-state index contributed by atoms with van der Waals surface area (Å²) in [4.78, 5) is 35.4. The van der Waals surface area contributed by atoms with Crippen LogP contribution in [0.4, 0.5) is 17.3 Å². The van der Waals surface area contributed by atoms with Gasteiger partial charge < -0.3 is 31.4 Å². The van der Waals surface area contributed by atoms with Gasteiger partial charge in [-0.15, -0.1) is 0 Å². The summed E-state index contributed by atoms with van der Waals surface area (Å²) in [6, 6.07) is 17.8. The summed E-state index contributed by atoms with van der Waals surface area (Å²) in [5, 5.41) is 17.0. The molecule has 0 spiro atoms. The van der Waals surface area contributed by atoms with E-state index in [0.29, 0.717) is 32.9 Å². The molecular formula is C27H29ClN6O3. The van der Waals surface area contributed by atoms with Crippen LogP contribution in [0.2, 0.25) is 5.02 Å². The van der Waals surface area contributed by atoms with Gasteiger partial charge in [0, 0.05) is 35.1 Å². The van der Waals surface area contributed by atoms with Crippen molar-refractivity contribution in [1.29, 1.82) is 0 Å². The van der Waals surface area contributed by atoms with Gasteiger partial charge in [-0.25, -0.2) is 4.98 Å². The number of aromatic nitrogens is 2. The molecule has 0 aliphatic heterocycles. The Bertz CT molecular complexity index is 1400. The minimum Gasteiger partial charge on any atom is -0.381 e. The highest BCUT2D eigenvalue weighted by Gasteiger charge is 2.30. The lowest BCUT2D eigenvalue weighted by Gasteiger charge is -2.25.